The Labute approximate surface area is 118 Å². The van der Waals surface area contributed by atoms with Crippen LogP contribution in [0.5, 0.6) is 0 Å². The summed E-state index contributed by atoms with van der Waals surface area (Å²) in [5, 5.41) is 15.3. The lowest BCUT2D eigenvalue weighted by Gasteiger charge is -2.36. The second-order valence-electron chi connectivity index (χ2n) is 5.60. The van der Waals surface area contributed by atoms with Crippen molar-refractivity contribution in [2.75, 3.05) is 6.54 Å². The quantitative estimate of drug-likeness (QED) is 0.772. The second kappa shape index (κ2) is 6.22. The number of benzene rings is 1. The summed E-state index contributed by atoms with van der Waals surface area (Å²) < 4.78 is 13.5. The minimum absolute atomic E-state index is 0.178. The highest BCUT2D eigenvalue weighted by Gasteiger charge is 2.34. The molecule has 2 amide bonds. The first-order chi connectivity index (χ1) is 9.48. The molecule has 1 aromatic carbocycles. The molecule has 5 heteroatoms. The zero-order valence-corrected chi connectivity index (χ0v) is 11.7. The zero-order valence-electron chi connectivity index (χ0n) is 11.7. The Hall–Kier alpha value is -1.62. The normalized spacial score (nSPS) is 17.9. The molecule has 0 saturated heterocycles. The van der Waals surface area contributed by atoms with Crippen LogP contribution < -0.4 is 10.6 Å². The molecule has 1 aliphatic carbocycles. The smallest absolute Gasteiger partial charge is 0.315 e. The van der Waals surface area contributed by atoms with Crippen molar-refractivity contribution >= 4 is 6.03 Å². The zero-order chi connectivity index (χ0) is 14.6. The van der Waals surface area contributed by atoms with E-state index < -0.39 is 5.60 Å². The number of amides is 2. The summed E-state index contributed by atoms with van der Waals surface area (Å²) in [6.45, 7) is 2.09. The summed E-state index contributed by atoms with van der Waals surface area (Å²) in [6, 6.07) is 6.04. The highest BCUT2D eigenvalue weighted by atomic mass is 19.1. The van der Waals surface area contributed by atoms with Crippen molar-refractivity contribution in [3.05, 3.63) is 35.6 Å². The molecule has 110 valence electrons. The van der Waals surface area contributed by atoms with E-state index in [2.05, 4.69) is 10.6 Å². The summed E-state index contributed by atoms with van der Waals surface area (Å²) in [5.41, 5.74) is -0.149. The lowest BCUT2D eigenvalue weighted by Crippen LogP contribution is -2.51. The van der Waals surface area contributed by atoms with E-state index in [1.165, 1.54) is 6.07 Å². The topological polar surface area (TPSA) is 61.4 Å². The van der Waals surface area contributed by atoms with Gasteiger partial charge < -0.3 is 15.7 Å². The van der Waals surface area contributed by atoms with Gasteiger partial charge >= 0.3 is 6.03 Å². The van der Waals surface area contributed by atoms with Gasteiger partial charge in [-0.15, -0.1) is 0 Å². The van der Waals surface area contributed by atoms with Crippen LogP contribution >= 0.6 is 0 Å². The molecule has 1 fully saturated rings. The summed E-state index contributed by atoms with van der Waals surface area (Å²) in [6.07, 6.45) is 2.91. The molecular weight excluding hydrogens is 259 g/mol. The van der Waals surface area contributed by atoms with Crippen molar-refractivity contribution in [3.63, 3.8) is 0 Å². The van der Waals surface area contributed by atoms with Crippen molar-refractivity contribution in [2.24, 2.45) is 0 Å². The highest BCUT2D eigenvalue weighted by molar-refractivity contribution is 5.74. The Bertz CT molecular complexity index is 475. The van der Waals surface area contributed by atoms with Crippen molar-refractivity contribution < 1.29 is 14.3 Å². The second-order valence-corrected chi connectivity index (χ2v) is 5.60. The van der Waals surface area contributed by atoms with Crippen LogP contribution in [-0.2, 0) is 6.42 Å². The number of hydrogen-bond donors (Lipinski definition) is 3. The summed E-state index contributed by atoms with van der Waals surface area (Å²) in [4.78, 5) is 11.7. The molecule has 1 unspecified atom stereocenters. The molecule has 0 spiro atoms. The molecule has 3 N–H and O–H groups in total. The number of halogens is 1. The van der Waals surface area contributed by atoms with Gasteiger partial charge in [0.25, 0.3) is 0 Å². The van der Waals surface area contributed by atoms with E-state index in [9.17, 15) is 14.3 Å². The Morgan fingerprint density at radius 2 is 2.15 bits per heavy atom. The van der Waals surface area contributed by atoms with Crippen molar-refractivity contribution in [1.29, 1.82) is 0 Å². The number of aliphatic hydroxyl groups is 1. The molecule has 0 heterocycles. The standard InChI is InChI=1S/C15H21FN2O2/c1-11(9-12-5-2-3-6-13(12)16)18-14(19)17-10-15(20)7-4-8-15/h2-3,5-6,11,20H,4,7-10H2,1H3,(H2,17,18,19). The van der Waals surface area contributed by atoms with Crippen LogP contribution in [0, 0.1) is 5.82 Å². The molecule has 1 aromatic rings. The third-order valence-corrected chi connectivity index (χ3v) is 3.72. The van der Waals surface area contributed by atoms with Crippen LogP contribution in [0.15, 0.2) is 24.3 Å². The molecule has 0 aliphatic heterocycles. The fourth-order valence-corrected chi connectivity index (χ4v) is 2.33. The van der Waals surface area contributed by atoms with Gasteiger partial charge in [0.2, 0.25) is 0 Å². The molecule has 4 nitrogen and oxygen atoms in total. The molecular formula is C15H21FN2O2. The van der Waals surface area contributed by atoms with Gasteiger partial charge in [0, 0.05) is 12.6 Å². The minimum atomic E-state index is -0.730. The first-order valence-corrected chi connectivity index (χ1v) is 6.99. The number of rotatable bonds is 5. The maximum Gasteiger partial charge on any atom is 0.315 e. The van der Waals surface area contributed by atoms with E-state index in [4.69, 9.17) is 0 Å². The van der Waals surface area contributed by atoms with Crippen molar-refractivity contribution in [2.45, 2.75) is 44.2 Å². The van der Waals surface area contributed by atoms with Crippen molar-refractivity contribution in [1.82, 2.24) is 10.6 Å². The van der Waals surface area contributed by atoms with Gasteiger partial charge in [0.1, 0.15) is 5.82 Å². The lowest BCUT2D eigenvalue weighted by atomic mass is 9.80. The Morgan fingerprint density at radius 3 is 2.75 bits per heavy atom. The van der Waals surface area contributed by atoms with E-state index in [1.807, 2.05) is 6.92 Å². The molecule has 1 saturated carbocycles. The first-order valence-electron chi connectivity index (χ1n) is 6.99. The SMILES string of the molecule is CC(Cc1ccccc1F)NC(=O)NCC1(O)CCC1. The average molecular weight is 280 g/mol. The van der Waals surface area contributed by atoms with Crippen LogP contribution in [0.2, 0.25) is 0 Å². The van der Waals surface area contributed by atoms with Crippen LogP contribution in [0.1, 0.15) is 31.7 Å². The molecule has 2 rings (SSSR count). The van der Waals surface area contributed by atoms with Gasteiger partial charge in [-0.1, -0.05) is 18.2 Å². The minimum Gasteiger partial charge on any atom is -0.388 e. The maximum absolute atomic E-state index is 13.5. The largest absolute Gasteiger partial charge is 0.388 e. The highest BCUT2D eigenvalue weighted by Crippen LogP contribution is 2.30. The fourth-order valence-electron chi connectivity index (χ4n) is 2.33. The van der Waals surface area contributed by atoms with Gasteiger partial charge in [-0.25, -0.2) is 9.18 Å². The molecule has 0 radical (unpaired) electrons. The molecule has 1 atom stereocenters. The van der Waals surface area contributed by atoms with E-state index in [-0.39, 0.29) is 24.4 Å². The first kappa shape index (κ1) is 14.8. The van der Waals surface area contributed by atoms with E-state index in [0.717, 1.165) is 19.3 Å². The molecule has 0 aromatic heterocycles. The number of nitrogens with one attached hydrogen (secondary N) is 2. The monoisotopic (exact) mass is 280 g/mol. The van der Waals surface area contributed by atoms with Gasteiger partial charge in [0.15, 0.2) is 0 Å². The summed E-state index contributed by atoms with van der Waals surface area (Å²) in [5.74, 6) is -0.259. The van der Waals surface area contributed by atoms with E-state index in [0.29, 0.717) is 12.0 Å². The van der Waals surface area contributed by atoms with Gasteiger partial charge in [-0.3, -0.25) is 0 Å². The third-order valence-electron chi connectivity index (χ3n) is 3.72. The van der Waals surface area contributed by atoms with Gasteiger partial charge in [-0.05, 0) is 44.2 Å². The predicted molar refractivity (Wildman–Crippen MR) is 74.9 cm³/mol. The maximum atomic E-state index is 13.5. The average Bonchev–Trinajstić information content (AvgIpc) is 2.37. The predicted octanol–water partition coefficient (Wildman–Crippen LogP) is 1.97. The number of carbonyl (C=O) groups excluding carboxylic acids is 1. The molecule has 0 bridgehead atoms. The van der Waals surface area contributed by atoms with E-state index in [1.54, 1.807) is 18.2 Å². The number of urea groups is 1. The molecule has 20 heavy (non-hydrogen) atoms. The number of hydrogen-bond acceptors (Lipinski definition) is 2. The third kappa shape index (κ3) is 3.93. The molecule has 1 aliphatic rings. The van der Waals surface area contributed by atoms with Crippen molar-refractivity contribution in [3.8, 4) is 0 Å². The summed E-state index contributed by atoms with van der Waals surface area (Å²) in [7, 11) is 0. The van der Waals surface area contributed by atoms with Gasteiger partial charge in [-0.2, -0.15) is 0 Å². The van der Waals surface area contributed by atoms with Crippen LogP contribution in [0.4, 0.5) is 9.18 Å². The Balaban J connectivity index is 1.75. The van der Waals surface area contributed by atoms with E-state index >= 15 is 0 Å². The van der Waals surface area contributed by atoms with Crippen LogP contribution in [0.3, 0.4) is 0 Å². The lowest BCUT2D eigenvalue weighted by molar-refractivity contribution is -0.0290. The summed E-state index contributed by atoms with van der Waals surface area (Å²) >= 11 is 0. The van der Waals surface area contributed by atoms with Crippen LogP contribution in [-0.4, -0.2) is 29.3 Å². The van der Waals surface area contributed by atoms with Crippen LogP contribution in [0.25, 0.3) is 0 Å². The Kier molecular flexibility index (Phi) is 4.60. The number of carbonyl (C=O) groups is 1. The fraction of sp³-hybridized carbons (Fsp3) is 0.533. The Morgan fingerprint density at radius 1 is 1.45 bits per heavy atom. The van der Waals surface area contributed by atoms with Gasteiger partial charge in [0.05, 0.1) is 5.60 Å².